The van der Waals surface area contributed by atoms with Gasteiger partial charge in [-0.2, -0.15) is 0 Å². The van der Waals surface area contributed by atoms with Crippen LogP contribution in [0.1, 0.15) is 46.5 Å². The predicted molar refractivity (Wildman–Crippen MR) is 123 cm³/mol. The van der Waals surface area contributed by atoms with Gasteiger partial charge in [0.2, 0.25) is 0 Å². The van der Waals surface area contributed by atoms with E-state index in [1.807, 2.05) is 20.8 Å². The number of hydrogen-bond donors (Lipinski definition) is 3. The Morgan fingerprint density at radius 3 is 2.36 bits per heavy atom. The van der Waals surface area contributed by atoms with Crippen LogP contribution in [0.5, 0.6) is 0 Å². The molecule has 1 heterocycles. The van der Waals surface area contributed by atoms with Crippen LogP contribution in [-0.4, -0.2) is 34.9 Å². The summed E-state index contributed by atoms with van der Waals surface area (Å²) in [6.45, 7) is 6.14. The fraction of sp³-hybridized carbons (Fsp3) is 0.400. The summed E-state index contributed by atoms with van der Waals surface area (Å²) in [4.78, 5) is 13.9. The van der Waals surface area contributed by atoms with Crippen molar-refractivity contribution in [3.05, 3.63) is 59.9 Å². The number of aliphatic hydroxyl groups excluding tert-OH is 1. The van der Waals surface area contributed by atoms with Crippen molar-refractivity contribution in [1.29, 1.82) is 0 Å². The van der Waals surface area contributed by atoms with Gasteiger partial charge in [0.05, 0.1) is 11.6 Å². The maximum Gasteiger partial charge on any atom is 0.407 e. The number of aromatic nitrogens is 1. The van der Waals surface area contributed by atoms with Crippen molar-refractivity contribution < 1.29 is 27.8 Å². The summed E-state index contributed by atoms with van der Waals surface area (Å²) >= 11 is 0. The number of H-pyrrole nitrogens is 1. The highest BCUT2D eigenvalue weighted by Gasteiger charge is 2.21. The Balaban J connectivity index is 0.000000228. The largest absolute Gasteiger partial charge is 0.446 e. The molecule has 1 aliphatic rings. The number of rotatable bonds is 5. The lowest BCUT2D eigenvalue weighted by molar-refractivity contribution is 0.0492. The Kier molecular flexibility index (Phi) is 10.3. The number of hydrogen-bond acceptors (Lipinski definition) is 3. The lowest BCUT2D eigenvalue weighted by Gasteiger charge is -2.25. The van der Waals surface area contributed by atoms with Crippen LogP contribution in [0.3, 0.4) is 0 Å². The highest BCUT2D eigenvalue weighted by atomic mass is 19.1. The van der Waals surface area contributed by atoms with Crippen molar-refractivity contribution in [2.75, 3.05) is 6.54 Å². The van der Waals surface area contributed by atoms with Crippen molar-refractivity contribution in [2.45, 2.75) is 58.7 Å². The monoisotopic (exact) mass is 464 g/mol. The molecule has 1 saturated carbocycles. The third kappa shape index (κ3) is 7.82. The molecule has 1 amide bonds. The molecular weight excluding hydrogens is 433 g/mol. The van der Waals surface area contributed by atoms with Gasteiger partial charge in [0.1, 0.15) is 23.6 Å². The highest BCUT2D eigenvalue weighted by Crippen LogP contribution is 2.26. The zero-order valence-corrected chi connectivity index (χ0v) is 19.1. The van der Waals surface area contributed by atoms with Crippen LogP contribution < -0.4 is 5.32 Å². The fourth-order valence-electron chi connectivity index (χ4n) is 2.98. The molecule has 5 nitrogen and oxygen atoms in total. The predicted octanol–water partition coefficient (Wildman–Crippen LogP) is 6.31. The van der Waals surface area contributed by atoms with E-state index in [2.05, 4.69) is 10.3 Å². The van der Waals surface area contributed by atoms with Crippen LogP contribution in [-0.2, 0) is 4.74 Å². The van der Waals surface area contributed by atoms with E-state index in [9.17, 15) is 18.0 Å². The number of aliphatic hydroxyl groups is 1. The molecule has 1 unspecified atom stereocenters. The Morgan fingerprint density at radius 2 is 1.79 bits per heavy atom. The molecule has 0 spiro atoms. The van der Waals surface area contributed by atoms with E-state index in [4.69, 9.17) is 9.84 Å². The normalized spacial score (nSPS) is 13.7. The number of nitrogens with one attached hydrogen (secondary N) is 2. The summed E-state index contributed by atoms with van der Waals surface area (Å²) in [5.74, 6) is -1.60. The average molecular weight is 465 g/mol. The molecule has 0 saturated heterocycles. The number of amides is 1. The van der Waals surface area contributed by atoms with E-state index in [-0.39, 0.29) is 24.0 Å². The molecule has 4 rings (SSSR count). The Bertz CT molecular complexity index is 1020. The van der Waals surface area contributed by atoms with Crippen molar-refractivity contribution in [1.82, 2.24) is 10.3 Å². The van der Waals surface area contributed by atoms with Gasteiger partial charge in [-0.15, -0.1) is 0 Å². The number of ether oxygens (including phenoxy) is 1. The molecule has 0 bridgehead atoms. The van der Waals surface area contributed by atoms with Crippen LogP contribution in [0.25, 0.3) is 22.2 Å². The van der Waals surface area contributed by atoms with Crippen molar-refractivity contribution >= 4 is 17.0 Å². The Labute approximate surface area is 192 Å². The van der Waals surface area contributed by atoms with Crippen LogP contribution >= 0.6 is 0 Å². The molecule has 0 radical (unpaired) electrons. The van der Waals surface area contributed by atoms with E-state index in [1.165, 1.54) is 18.2 Å². The lowest BCUT2D eigenvalue weighted by Crippen LogP contribution is -2.36. The van der Waals surface area contributed by atoms with E-state index in [0.29, 0.717) is 23.1 Å². The Hall–Kier alpha value is -3.00. The van der Waals surface area contributed by atoms with Crippen LogP contribution in [0, 0.1) is 17.5 Å². The summed E-state index contributed by atoms with van der Waals surface area (Å²) < 4.78 is 44.4. The number of halogens is 3. The van der Waals surface area contributed by atoms with Gasteiger partial charge in [0.15, 0.2) is 0 Å². The van der Waals surface area contributed by atoms with E-state index in [0.717, 1.165) is 25.3 Å². The quantitative estimate of drug-likeness (QED) is 0.414. The minimum atomic E-state index is -0.640. The average Bonchev–Trinajstić information content (AvgIpc) is 3.21. The van der Waals surface area contributed by atoms with E-state index in [1.54, 1.807) is 18.2 Å². The zero-order chi connectivity index (χ0) is 24.4. The van der Waals surface area contributed by atoms with Gasteiger partial charge in [-0.05, 0) is 67.6 Å². The van der Waals surface area contributed by atoms with Gasteiger partial charge in [0, 0.05) is 23.7 Å². The van der Waals surface area contributed by atoms with Crippen LogP contribution in [0.2, 0.25) is 0 Å². The summed E-state index contributed by atoms with van der Waals surface area (Å²) in [6, 6.07) is 9.50. The number of alkyl carbamates (subject to hydrolysis) is 1. The minimum Gasteiger partial charge on any atom is -0.446 e. The van der Waals surface area contributed by atoms with Crippen molar-refractivity contribution in [3.63, 3.8) is 0 Å². The molecule has 33 heavy (non-hydrogen) atoms. The summed E-state index contributed by atoms with van der Waals surface area (Å²) in [7, 11) is 0. The minimum absolute atomic E-state index is 0.110. The second-order valence-electron chi connectivity index (χ2n) is 7.44. The van der Waals surface area contributed by atoms with Gasteiger partial charge in [-0.25, -0.2) is 18.0 Å². The van der Waals surface area contributed by atoms with Gasteiger partial charge in [-0.3, -0.25) is 0 Å². The topological polar surface area (TPSA) is 74.3 Å². The smallest absolute Gasteiger partial charge is 0.407 e. The van der Waals surface area contributed by atoms with Crippen LogP contribution in [0.4, 0.5) is 18.0 Å². The standard InChI is InChI=1S/C14H8F3N.C9H17NO3.C2H6/c15-10-3-1-8(2-4-10)13-6-9-5-11(16)7-12(17)14(9)18-13;1-2-7(11)6-10-9(12)13-8-4-3-5-8;1-2/h1-7,18H;7-8,11H,2-6H2,1H3,(H,10,12);1-2H3. The maximum absolute atomic E-state index is 13.5. The van der Waals surface area contributed by atoms with Gasteiger partial charge in [-0.1, -0.05) is 20.8 Å². The number of aromatic amines is 1. The molecule has 2 aromatic carbocycles. The van der Waals surface area contributed by atoms with Gasteiger partial charge in [0.25, 0.3) is 0 Å². The zero-order valence-electron chi connectivity index (χ0n) is 19.1. The van der Waals surface area contributed by atoms with Gasteiger partial charge >= 0.3 is 6.09 Å². The number of fused-ring (bicyclic) bond motifs is 1. The third-order valence-corrected chi connectivity index (χ3v) is 5.08. The second-order valence-corrected chi connectivity index (χ2v) is 7.44. The van der Waals surface area contributed by atoms with Crippen molar-refractivity contribution in [2.24, 2.45) is 0 Å². The number of carbonyl (C=O) groups excluding carboxylic acids is 1. The molecule has 1 fully saturated rings. The molecule has 3 aromatic rings. The molecule has 1 aromatic heterocycles. The van der Waals surface area contributed by atoms with Crippen molar-refractivity contribution in [3.8, 4) is 11.3 Å². The highest BCUT2D eigenvalue weighted by molar-refractivity contribution is 5.86. The molecule has 180 valence electrons. The molecule has 3 N–H and O–H groups in total. The SMILES string of the molecule is CC.CCC(O)CNC(=O)OC1CCC1.Fc1ccc(-c2cc3cc(F)cc(F)c3[nH]2)cc1. The molecule has 1 aliphatic carbocycles. The molecule has 0 aliphatic heterocycles. The molecule has 1 atom stereocenters. The first-order valence-corrected chi connectivity index (χ1v) is 11.2. The first-order valence-electron chi connectivity index (χ1n) is 11.2. The first kappa shape index (κ1) is 26.3. The fourth-order valence-corrected chi connectivity index (χ4v) is 2.98. The van der Waals surface area contributed by atoms with Gasteiger partial charge < -0.3 is 20.1 Å². The summed E-state index contributed by atoms with van der Waals surface area (Å²) in [5, 5.41) is 12.1. The summed E-state index contributed by atoms with van der Waals surface area (Å²) in [5.41, 5.74) is 1.58. The first-order chi connectivity index (χ1) is 15.9. The maximum atomic E-state index is 13.5. The summed E-state index contributed by atoms with van der Waals surface area (Å²) in [6.07, 6.45) is 2.98. The number of benzene rings is 2. The van der Waals surface area contributed by atoms with E-state index >= 15 is 0 Å². The third-order valence-electron chi connectivity index (χ3n) is 5.08. The number of carbonyl (C=O) groups is 1. The second kappa shape index (κ2) is 12.9. The molecule has 8 heteroatoms. The lowest BCUT2D eigenvalue weighted by atomic mass is 9.96. The van der Waals surface area contributed by atoms with Crippen LogP contribution in [0.15, 0.2) is 42.5 Å². The van der Waals surface area contributed by atoms with E-state index < -0.39 is 23.8 Å². The Morgan fingerprint density at radius 1 is 1.12 bits per heavy atom. The molecular formula is C25H31F3N2O3.